The minimum atomic E-state index is -0.401. The van der Waals surface area contributed by atoms with Gasteiger partial charge in [-0.3, -0.25) is 10.1 Å². The molecule has 0 atom stereocenters. The third-order valence-electron chi connectivity index (χ3n) is 3.39. The van der Waals surface area contributed by atoms with Crippen molar-refractivity contribution in [2.75, 3.05) is 11.9 Å². The Morgan fingerprint density at radius 2 is 2.04 bits per heavy atom. The van der Waals surface area contributed by atoms with Gasteiger partial charge in [-0.2, -0.15) is 0 Å². The van der Waals surface area contributed by atoms with Crippen LogP contribution in [0, 0.1) is 19.7 Å². The first-order valence-electron chi connectivity index (χ1n) is 7.18. The van der Waals surface area contributed by atoms with Gasteiger partial charge in [-0.25, -0.2) is 9.37 Å². The maximum Gasteiger partial charge on any atom is 0.264 e. The lowest BCUT2D eigenvalue weighted by Gasteiger charge is -2.12. The van der Waals surface area contributed by atoms with Crippen molar-refractivity contribution in [3.05, 3.63) is 51.7 Å². The molecule has 0 aliphatic rings. The average Bonchev–Trinajstić information content (AvgIpc) is 2.90. The molecule has 7 heteroatoms. The summed E-state index contributed by atoms with van der Waals surface area (Å²) in [5, 5.41) is 3.00. The number of amides is 1. The molecule has 1 heterocycles. The lowest BCUT2D eigenvalue weighted by Crippen LogP contribution is -2.20. The van der Waals surface area contributed by atoms with Gasteiger partial charge in [0.25, 0.3) is 5.91 Å². The van der Waals surface area contributed by atoms with E-state index >= 15 is 0 Å². The Bertz CT molecular complexity index is 903. The van der Waals surface area contributed by atoms with E-state index in [2.05, 4.69) is 26.2 Å². The van der Waals surface area contributed by atoms with Gasteiger partial charge in [0.15, 0.2) is 11.7 Å². The van der Waals surface area contributed by atoms with E-state index in [4.69, 9.17) is 4.74 Å². The summed E-state index contributed by atoms with van der Waals surface area (Å²) in [5.41, 5.74) is 2.15. The van der Waals surface area contributed by atoms with Gasteiger partial charge in [-0.15, -0.1) is 0 Å². The predicted octanol–water partition coefficient (Wildman–Crippen LogP) is 4.83. The minimum Gasteiger partial charge on any atom is -0.483 e. The normalized spacial score (nSPS) is 10.8. The van der Waals surface area contributed by atoms with Crippen LogP contribution in [0.4, 0.5) is 9.52 Å². The molecule has 1 N–H and O–H groups in total. The van der Waals surface area contributed by atoms with Crippen molar-refractivity contribution < 1.29 is 13.9 Å². The molecule has 0 unspecified atom stereocenters. The Balaban J connectivity index is 1.68. The molecule has 4 nitrogen and oxygen atoms in total. The average molecular weight is 409 g/mol. The predicted molar refractivity (Wildman–Crippen MR) is 97.3 cm³/mol. The molecule has 0 saturated heterocycles. The number of halogens is 2. The van der Waals surface area contributed by atoms with Gasteiger partial charge in [0.2, 0.25) is 0 Å². The second kappa shape index (κ2) is 6.86. The molecule has 2 aromatic carbocycles. The zero-order valence-corrected chi connectivity index (χ0v) is 15.4. The van der Waals surface area contributed by atoms with Crippen molar-refractivity contribution in [1.82, 2.24) is 4.98 Å². The summed E-state index contributed by atoms with van der Waals surface area (Å²) in [6.07, 6.45) is 0. The fourth-order valence-corrected chi connectivity index (χ4v) is 3.97. The number of aryl methyl sites for hydroxylation is 2. The molecule has 1 amide bonds. The smallest absolute Gasteiger partial charge is 0.264 e. The first-order chi connectivity index (χ1) is 11.4. The molecular weight excluding hydrogens is 395 g/mol. The van der Waals surface area contributed by atoms with Crippen LogP contribution in [0.1, 0.15) is 11.1 Å². The molecule has 0 aliphatic heterocycles. The van der Waals surface area contributed by atoms with Crippen LogP contribution in [0.2, 0.25) is 0 Å². The largest absolute Gasteiger partial charge is 0.483 e. The summed E-state index contributed by atoms with van der Waals surface area (Å²) in [6.45, 7) is 3.70. The number of thiazole rings is 1. The van der Waals surface area contributed by atoms with Crippen molar-refractivity contribution >= 4 is 48.5 Å². The first-order valence-corrected chi connectivity index (χ1v) is 8.79. The fraction of sp³-hybridized carbons (Fsp3) is 0.176. The number of aromatic nitrogens is 1. The van der Waals surface area contributed by atoms with Gasteiger partial charge in [-0.1, -0.05) is 33.3 Å². The number of hydrogen-bond acceptors (Lipinski definition) is 4. The van der Waals surface area contributed by atoms with E-state index in [0.717, 1.165) is 15.6 Å². The molecule has 0 saturated carbocycles. The highest BCUT2D eigenvalue weighted by Crippen LogP contribution is 2.28. The van der Waals surface area contributed by atoms with E-state index < -0.39 is 5.82 Å². The van der Waals surface area contributed by atoms with Gasteiger partial charge < -0.3 is 4.74 Å². The zero-order chi connectivity index (χ0) is 17.3. The van der Waals surface area contributed by atoms with E-state index in [-0.39, 0.29) is 18.0 Å². The summed E-state index contributed by atoms with van der Waals surface area (Å²) in [4.78, 5) is 16.2. The second-order valence-electron chi connectivity index (χ2n) is 5.31. The highest BCUT2D eigenvalue weighted by atomic mass is 79.9. The van der Waals surface area contributed by atoms with Crippen molar-refractivity contribution in [1.29, 1.82) is 0 Å². The molecule has 0 bridgehead atoms. The van der Waals surface area contributed by atoms with E-state index in [1.165, 1.54) is 17.4 Å². The molecule has 0 radical (unpaired) electrons. The maximum atomic E-state index is 13.6. The Morgan fingerprint density at radius 3 is 2.71 bits per heavy atom. The number of para-hydroxylation sites is 1. The first kappa shape index (κ1) is 16.9. The number of rotatable bonds is 4. The molecule has 3 aromatic rings. The van der Waals surface area contributed by atoms with E-state index in [1.807, 2.05) is 26.0 Å². The standard InChI is InChI=1S/C17H14BrFN2O2S/c1-9-6-11(18)7-10(2)16(9)23-8-14(22)20-17-21-15-12(19)4-3-5-13(15)24-17/h3-7H,8H2,1-2H3,(H,20,21,22). The molecule has 124 valence electrons. The number of carbonyl (C=O) groups excluding carboxylic acids is 1. The Labute approximate surface area is 150 Å². The minimum absolute atomic E-state index is 0.137. The molecule has 1 aromatic heterocycles. The fourth-order valence-electron chi connectivity index (χ4n) is 2.39. The highest BCUT2D eigenvalue weighted by Gasteiger charge is 2.12. The van der Waals surface area contributed by atoms with Crippen molar-refractivity contribution in [3.63, 3.8) is 0 Å². The third-order valence-corrected chi connectivity index (χ3v) is 4.78. The highest BCUT2D eigenvalue weighted by molar-refractivity contribution is 9.10. The zero-order valence-electron chi connectivity index (χ0n) is 13.0. The van der Waals surface area contributed by atoms with Crippen molar-refractivity contribution in [3.8, 4) is 5.75 Å². The number of nitrogens with one attached hydrogen (secondary N) is 1. The summed E-state index contributed by atoms with van der Waals surface area (Å²) >= 11 is 4.65. The second-order valence-corrected chi connectivity index (χ2v) is 7.26. The van der Waals surface area contributed by atoms with Crippen molar-refractivity contribution in [2.45, 2.75) is 13.8 Å². The van der Waals surface area contributed by atoms with Crippen LogP contribution >= 0.6 is 27.3 Å². The van der Waals surface area contributed by atoms with Crippen molar-refractivity contribution in [2.24, 2.45) is 0 Å². The van der Waals surface area contributed by atoms with Crippen LogP contribution < -0.4 is 10.1 Å². The summed E-state index contributed by atoms with van der Waals surface area (Å²) in [7, 11) is 0. The van der Waals surface area contributed by atoms with Crippen LogP contribution in [-0.4, -0.2) is 17.5 Å². The van der Waals surface area contributed by atoms with Crippen LogP contribution in [0.25, 0.3) is 10.2 Å². The van der Waals surface area contributed by atoms with E-state index in [1.54, 1.807) is 12.1 Å². The number of fused-ring (bicyclic) bond motifs is 1. The summed E-state index contributed by atoms with van der Waals surface area (Å²) in [6, 6.07) is 8.57. The number of benzene rings is 2. The van der Waals surface area contributed by atoms with Crippen LogP contribution in [0.5, 0.6) is 5.75 Å². The monoisotopic (exact) mass is 408 g/mol. The number of anilines is 1. The summed E-state index contributed by atoms with van der Waals surface area (Å²) < 4.78 is 20.9. The van der Waals surface area contributed by atoms with E-state index in [9.17, 15) is 9.18 Å². The van der Waals surface area contributed by atoms with Gasteiger partial charge in [-0.05, 0) is 49.2 Å². The van der Waals surface area contributed by atoms with Crippen LogP contribution in [0.3, 0.4) is 0 Å². The SMILES string of the molecule is Cc1cc(Br)cc(C)c1OCC(=O)Nc1nc2c(F)cccc2s1. The van der Waals surface area contributed by atoms with Gasteiger partial charge in [0, 0.05) is 4.47 Å². The molecule has 3 rings (SSSR count). The Kier molecular flexibility index (Phi) is 4.82. The molecule has 0 fully saturated rings. The molecule has 0 aliphatic carbocycles. The number of nitrogens with zero attached hydrogens (tertiary/aromatic N) is 1. The summed E-state index contributed by atoms with van der Waals surface area (Å²) in [5.74, 6) is -0.0542. The van der Waals surface area contributed by atoms with Crippen LogP contribution in [-0.2, 0) is 4.79 Å². The van der Waals surface area contributed by atoms with Gasteiger partial charge in [0.1, 0.15) is 17.1 Å². The molecule has 24 heavy (non-hydrogen) atoms. The number of carbonyl (C=O) groups is 1. The lowest BCUT2D eigenvalue weighted by atomic mass is 10.1. The quantitative estimate of drug-likeness (QED) is 0.672. The number of ether oxygens (including phenoxy) is 1. The maximum absolute atomic E-state index is 13.6. The van der Waals surface area contributed by atoms with E-state index in [0.29, 0.717) is 15.6 Å². The van der Waals surface area contributed by atoms with Gasteiger partial charge in [0.05, 0.1) is 4.70 Å². The topological polar surface area (TPSA) is 51.2 Å². The molecule has 0 spiro atoms. The lowest BCUT2D eigenvalue weighted by molar-refractivity contribution is -0.118. The van der Waals surface area contributed by atoms with Gasteiger partial charge >= 0.3 is 0 Å². The Morgan fingerprint density at radius 1 is 1.33 bits per heavy atom. The molecular formula is C17H14BrFN2O2S. The third kappa shape index (κ3) is 3.57. The Hall–Kier alpha value is -1.99. The van der Waals surface area contributed by atoms with Crippen LogP contribution in [0.15, 0.2) is 34.8 Å². The number of hydrogen-bond donors (Lipinski definition) is 1.